The molecule has 2 aliphatic rings. The van der Waals surface area contributed by atoms with Gasteiger partial charge in [-0.25, -0.2) is 0 Å². The average molecular weight is 430 g/mol. The molecule has 2 fully saturated rings. The van der Waals surface area contributed by atoms with Gasteiger partial charge in [-0.2, -0.15) is 0 Å². The maximum absolute atomic E-state index is 11.5. The van der Waals surface area contributed by atoms with Crippen LogP contribution in [0.5, 0.6) is 0 Å². The van der Waals surface area contributed by atoms with Crippen LogP contribution < -0.4 is 0 Å². The van der Waals surface area contributed by atoms with E-state index in [4.69, 9.17) is 23.2 Å². The molecule has 3 nitrogen and oxygen atoms in total. The molecule has 0 bridgehead atoms. The molecule has 27 heavy (non-hydrogen) atoms. The Morgan fingerprint density at radius 1 is 1.07 bits per heavy atom. The first kappa shape index (κ1) is 21.3. The minimum Gasteiger partial charge on any atom is -0.481 e. The average Bonchev–Trinajstić information content (AvgIpc) is 3.04. The number of carboxylic acid groups (broad SMARTS) is 1. The van der Waals surface area contributed by atoms with Crippen LogP contribution >= 0.6 is 35.0 Å². The van der Waals surface area contributed by atoms with Crippen molar-refractivity contribution in [3.8, 4) is 0 Å². The normalized spacial score (nSPS) is 26.1. The summed E-state index contributed by atoms with van der Waals surface area (Å²) >= 11 is 14.6. The van der Waals surface area contributed by atoms with E-state index in [1.165, 1.54) is 44.9 Å². The van der Waals surface area contributed by atoms with E-state index in [2.05, 4.69) is 4.90 Å². The standard InChI is InChI=1S/C21H29Cl2NO2S/c22-18-12-8-11-17(20(18)23)21-24(16(14-27-21)13-19(25)26)15-9-6-4-2-1-3-5-7-10-15/h8,11-12,15-16,21H,1-7,9-10,13-14H2,(H,25,26). The fourth-order valence-corrected chi connectivity index (χ4v) is 6.53. The van der Waals surface area contributed by atoms with Crippen molar-refractivity contribution < 1.29 is 9.90 Å². The Morgan fingerprint density at radius 2 is 1.70 bits per heavy atom. The molecule has 1 heterocycles. The largest absolute Gasteiger partial charge is 0.481 e. The quantitative estimate of drug-likeness (QED) is 0.572. The molecular weight excluding hydrogens is 401 g/mol. The summed E-state index contributed by atoms with van der Waals surface area (Å²) < 4.78 is 0. The van der Waals surface area contributed by atoms with E-state index >= 15 is 0 Å². The summed E-state index contributed by atoms with van der Waals surface area (Å²) in [5.74, 6) is 0.111. The van der Waals surface area contributed by atoms with Crippen molar-refractivity contribution in [2.75, 3.05) is 5.75 Å². The van der Waals surface area contributed by atoms with E-state index in [1.54, 1.807) is 0 Å². The highest BCUT2D eigenvalue weighted by atomic mass is 35.5. The van der Waals surface area contributed by atoms with Gasteiger partial charge in [-0.05, 0) is 24.5 Å². The number of carboxylic acids is 1. The Bertz CT molecular complexity index is 633. The number of nitrogens with zero attached hydrogens (tertiary/aromatic N) is 1. The molecule has 1 N–H and O–H groups in total. The molecule has 6 heteroatoms. The van der Waals surface area contributed by atoms with Crippen LogP contribution in [0, 0.1) is 0 Å². The molecule has 1 aromatic carbocycles. The van der Waals surface area contributed by atoms with Crippen molar-refractivity contribution in [1.29, 1.82) is 0 Å². The molecule has 1 aromatic rings. The lowest BCUT2D eigenvalue weighted by atomic mass is 9.94. The second-order valence-electron chi connectivity index (χ2n) is 7.73. The van der Waals surface area contributed by atoms with E-state index in [1.807, 2.05) is 30.0 Å². The van der Waals surface area contributed by atoms with Crippen molar-refractivity contribution in [1.82, 2.24) is 4.90 Å². The third-order valence-corrected chi connectivity index (χ3v) is 8.02. The van der Waals surface area contributed by atoms with Crippen LogP contribution in [0.4, 0.5) is 0 Å². The van der Waals surface area contributed by atoms with E-state index in [9.17, 15) is 9.90 Å². The number of aliphatic carboxylic acids is 1. The molecule has 2 unspecified atom stereocenters. The van der Waals surface area contributed by atoms with Gasteiger partial charge in [0.1, 0.15) is 0 Å². The summed E-state index contributed by atoms with van der Waals surface area (Å²) in [6.45, 7) is 0. The second-order valence-corrected chi connectivity index (χ2v) is 9.63. The van der Waals surface area contributed by atoms with Gasteiger partial charge in [0, 0.05) is 17.8 Å². The van der Waals surface area contributed by atoms with E-state index in [0.29, 0.717) is 16.1 Å². The summed E-state index contributed by atoms with van der Waals surface area (Å²) in [5.41, 5.74) is 1.03. The van der Waals surface area contributed by atoms with Gasteiger partial charge < -0.3 is 5.11 Å². The highest BCUT2D eigenvalue weighted by Crippen LogP contribution is 2.48. The van der Waals surface area contributed by atoms with Crippen molar-refractivity contribution in [3.05, 3.63) is 33.8 Å². The van der Waals surface area contributed by atoms with Crippen molar-refractivity contribution in [3.63, 3.8) is 0 Å². The monoisotopic (exact) mass is 429 g/mol. The first-order valence-corrected chi connectivity index (χ1v) is 11.9. The Hall–Kier alpha value is -0.420. The Balaban J connectivity index is 1.87. The second kappa shape index (κ2) is 10.4. The molecule has 1 aliphatic carbocycles. The van der Waals surface area contributed by atoms with Crippen LogP contribution in [0.1, 0.15) is 75.1 Å². The Kier molecular flexibility index (Phi) is 8.19. The van der Waals surface area contributed by atoms with Gasteiger partial charge in [-0.3, -0.25) is 9.69 Å². The molecule has 0 spiro atoms. The number of carbonyl (C=O) groups is 1. The predicted octanol–water partition coefficient (Wildman–Crippen LogP) is 6.78. The SMILES string of the molecule is O=C(O)CC1CSC(c2cccc(Cl)c2Cl)N1C1CCCCCCCCC1. The third-order valence-electron chi connectivity index (χ3n) is 5.79. The van der Waals surface area contributed by atoms with Crippen LogP contribution in [0.25, 0.3) is 0 Å². The fraction of sp³-hybridized carbons (Fsp3) is 0.667. The van der Waals surface area contributed by atoms with Gasteiger partial charge in [-0.1, -0.05) is 80.3 Å². The topological polar surface area (TPSA) is 40.5 Å². The van der Waals surface area contributed by atoms with Crippen LogP contribution in [-0.4, -0.2) is 33.8 Å². The van der Waals surface area contributed by atoms with E-state index in [-0.39, 0.29) is 17.8 Å². The zero-order chi connectivity index (χ0) is 19.2. The third kappa shape index (κ3) is 5.56. The van der Waals surface area contributed by atoms with Gasteiger partial charge in [0.2, 0.25) is 0 Å². The Morgan fingerprint density at radius 3 is 2.33 bits per heavy atom. The van der Waals surface area contributed by atoms with E-state index < -0.39 is 5.97 Å². The smallest absolute Gasteiger partial charge is 0.304 e. The summed E-state index contributed by atoms with van der Waals surface area (Å²) in [4.78, 5) is 14.0. The molecule has 1 aliphatic heterocycles. The van der Waals surface area contributed by atoms with Gasteiger partial charge in [0.05, 0.1) is 21.8 Å². The first-order valence-electron chi connectivity index (χ1n) is 10.1. The van der Waals surface area contributed by atoms with Crippen molar-refractivity contribution >= 4 is 40.9 Å². The van der Waals surface area contributed by atoms with Crippen molar-refractivity contribution in [2.24, 2.45) is 0 Å². The number of hydrogen-bond donors (Lipinski definition) is 1. The maximum atomic E-state index is 11.5. The molecule has 2 atom stereocenters. The number of thioether (sulfide) groups is 1. The minimum atomic E-state index is -0.719. The van der Waals surface area contributed by atoms with Crippen LogP contribution in [-0.2, 0) is 4.79 Å². The highest BCUT2D eigenvalue weighted by molar-refractivity contribution is 7.99. The van der Waals surface area contributed by atoms with Crippen molar-refractivity contribution in [2.45, 2.75) is 81.7 Å². The van der Waals surface area contributed by atoms with Crippen LogP contribution in [0.3, 0.4) is 0 Å². The number of hydrogen-bond acceptors (Lipinski definition) is 3. The molecule has 0 radical (unpaired) electrons. The zero-order valence-corrected chi connectivity index (χ0v) is 18.0. The summed E-state index contributed by atoms with van der Waals surface area (Å²) in [6, 6.07) is 6.28. The molecule has 3 rings (SSSR count). The lowest BCUT2D eigenvalue weighted by molar-refractivity contribution is -0.138. The molecule has 0 amide bonds. The molecular formula is C21H29Cl2NO2S. The zero-order valence-electron chi connectivity index (χ0n) is 15.7. The summed E-state index contributed by atoms with van der Waals surface area (Å²) in [6.07, 6.45) is 11.5. The molecule has 0 aromatic heterocycles. The molecule has 1 saturated heterocycles. The molecule has 150 valence electrons. The summed E-state index contributed by atoms with van der Waals surface area (Å²) in [5, 5.41) is 10.7. The van der Waals surface area contributed by atoms with Crippen LogP contribution in [0.15, 0.2) is 18.2 Å². The Labute approximate surface area is 176 Å². The number of rotatable bonds is 4. The lowest BCUT2D eigenvalue weighted by Gasteiger charge is -2.37. The van der Waals surface area contributed by atoms with Gasteiger partial charge >= 0.3 is 5.97 Å². The summed E-state index contributed by atoms with van der Waals surface area (Å²) in [7, 11) is 0. The predicted molar refractivity (Wildman–Crippen MR) is 115 cm³/mol. The van der Waals surface area contributed by atoms with Gasteiger partial charge in [-0.15, -0.1) is 11.8 Å². The fourth-order valence-electron chi connectivity index (χ4n) is 4.47. The molecule has 1 saturated carbocycles. The van der Waals surface area contributed by atoms with Crippen LogP contribution in [0.2, 0.25) is 10.0 Å². The highest BCUT2D eigenvalue weighted by Gasteiger charge is 2.40. The lowest BCUT2D eigenvalue weighted by Crippen LogP contribution is -2.42. The van der Waals surface area contributed by atoms with E-state index in [0.717, 1.165) is 24.2 Å². The maximum Gasteiger partial charge on any atom is 0.304 e. The number of benzene rings is 1. The minimum absolute atomic E-state index is 0.0560. The van der Waals surface area contributed by atoms with Gasteiger partial charge in [0.25, 0.3) is 0 Å². The number of halogens is 2. The first-order chi connectivity index (χ1) is 13.1. The van der Waals surface area contributed by atoms with Gasteiger partial charge in [0.15, 0.2) is 0 Å².